The number of aromatic nitrogens is 2. The van der Waals surface area contributed by atoms with E-state index in [1.54, 1.807) is 12.1 Å². The molecular weight excluding hydrogens is 322 g/mol. The van der Waals surface area contributed by atoms with E-state index in [1.807, 2.05) is 18.2 Å². The summed E-state index contributed by atoms with van der Waals surface area (Å²) in [4.78, 5) is 8.44. The van der Waals surface area contributed by atoms with Crippen LogP contribution in [-0.2, 0) is 0 Å². The molecule has 6 heteroatoms. The number of halogens is 1. The molecule has 5 nitrogen and oxygen atoms in total. The first-order valence-electron chi connectivity index (χ1n) is 7.50. The van der Waals surface area contributed by atoms with Gasteiger partial charge in [0.05, 0.1) is 0 Å². The molecule has 0 amide bonds. The van der Waals surface area contributed by atoms with Crippen molar-refractivity contribution < 1.29 is 0 Å². The van der Waals surface area contributed by atoms with E-state index in [0.717, 1.165) is 11.4 Å². The average molecular weight is 340 g/mol. The quantitative estimate of drug-likeness (QED) is 0.635. The van der Waals surface area contributed by atoms with E-state index in [9.17, 15) is 0 Å². The highest BCUT2D eigenvalue weighted by Gasteiger charge is 2.09. The van der Waals surface area contributed by atoms with Crippen LogP contribution in [0.2, 0.25) is 5.02 Å². The van der Waals surface area contributed by atoms with E-state index in [2.05, 4.69) is 46.6 Å². The number of hydrogen-bond donors (Lipinski definition) is 3. The molecule has 0 aliphatic heterocycles. The Morgan fingerprint density at radius 3 is 2.04 bits per heavy atom. The van der Waals surface area contributed by atoms with Gasteiger partial charge in [0.15, 0.2) is 11.6 Å². The molecule has 0 fully saturated rings. The van der Waals surface area contributed by atoms with Crippen LogP contribution < -0.4 is 16.4 Å². The summed E-state index contributed by atoms with van der Waals surface area (Å²) in [5.74, 6) is 1.10. The fourth-order valence-corrected chi connectivity index (χ4v) is 2.35. The monoisotopic (exact) mass is 339 g/mol. The summed E-state index contributed by atoms with van der Waals surface area (Å²) >= 11 is 5.90. The third-order valence-electron chi connectivity index (χ3n) is 3.76. The van der Waals surface area contributed by atoms with Crippen LogP contribution in [0.15, 0.2) is 48.8 Å². The fourth-order valence-electron chi connectivity index (χ4n) is 2.22. The van der Waals surface area contributed by atoms with Crippen molar-refractivity contribution in [2.75, 3.05) is 16.4 Å². The Kier molecular flexibility index (Phi) is 4.53. The predicted octanol–water partition coefficient (Wildman–Crippen LogP) is 4.82. The molecule has 0 unspecified atom stereocenters. The molecule has 0 aliphatic carbocycles. The average Bonchev–Trinajstić information content (AvgIpc) is 2.57. The molecule has 0 aliphatic rings. The Bertz CT molecular complexity index is 862. The van der Waals surface area contributed by atoms with Gasteiger partial charge in [0, 0.05) is 16.4 Å². The van der Waals surface area contributed by atoms with E-state index in [1.165, 1.54) is 17.5 Å². The van der Waals surface area contributed by atoms with Crippen LogP contribution in [0, 0.1) is 13.8 Å². The second kappa shape index (κ2) is 6.76. The lowest BCUT2D eigenvalue weighted by Gasteiger charge is -2.13. The number of anilines is 5. The van der Waals surface area contributed by atoms with Gasteiger partial charge in [0.25, 0.3) is 0 Å². The Labute approximate surface area is 145 Å². The molecule has 0 saturated carbocycles. The highest BCUT2D eigenvalue weighted by molar-refractivity contribution is 6.30. The number of nitrogens with one attached hydrogen (secondary N) is 2. The maximum Gasteiger partial charge on any atom is 0.159 e. The first kappa shape index (κ1) is 16.1. The molecule has 0 atom stereocenters. The van der Waals surface area contributed by atoms with Crippen LogP contribution in [-0.4, -0.2) is 9.97 Å². The van der Waals surface area contributed by atoms with Crippen molar-refractivity contribution in [3.05, 3.63) is 64.9 Å². The second-order valence-corrected chi connectivity index (χ2v) is 5.98. The smallest absolute Gasteiger partial charge is 0.159 e. The van der Waals surface area contributed by atoms with Crippen molar-refractivity contribution in [3.63, 3.8) is 0 Å². The molecule has 3 aromatic rings. The Morgan fingerprint density at radius 2 is 1.42 bits per heavy atom. The summed E-state index contributed by atoms with van der Waals surface area (Å²) in [6.45, 7) is 4.14. The molecule has 0 radical (unpaired) electrons. The number of nitrogens with two attached hydrogens (primary N) is 1. The molecule has 2 aromatic carbocycles. The zero-order valence-electron chi connectivity index (χ0n) is 13.5. The number of nitrogens with zero attached hydrogens (tertiary/aromatic N) is 2. The Hall–Kier alpha value is -2.79. The lowest BCUT2D eigenvalue weighted by atomic mass is 10.1. The van der Waals surface area contributed by atoms with Crippen LogP contribution in [0.4, 0.5) is 28.7 Å². The highest BCUT2D eigenvalue weighted by Crippen LogP contribution is 2.29. The molecule has 3 rings (SSSR count). The molecule has 0 spiro atoms. The minimum Gasteiger partial charge on any atom is -0.393 e. The summed E-state index contributed by atoms with van der Waals surface area (Å²) < 4.78 is 0. The largest absolute Gasteiger partial charge is 0.393 e. The standard InChI is InChI=1S/C18H18ClN5/c1-11-3-6-15(9-12(11)2)24-18-16(20)17(21-10-22-18)23-14-7-4-13(19)5-8-14/h3-10H,20H2,1-2H3,(H2,21,22,23,24). The highest BCUT2D eigenvalue weighted by atomic mass is 35.5. The molecule has 24 heavy (non-hydrogen) atoms. The van der Waals surface area contributed by atoms with Crippen molar-refractivity contribution in [2.24, 2.45) is 0 Å². The van der Waals surface area contributed by atoms with Gasteiger partial charge < -0.3 is 16.4 Å². The van der Waals surface area contributed by atoms with Crippen LogP contribution in [0.3, 0.4) is 0 Å². The van der Waals surface area contributed by atoms with E-state index < -0.39 is 0 Å². The van der Waals surface area contributed by atoms with Crippen LogP contribution in [0.5, 0.6) is 0 Å². The van der Waals surface area contributed by atoms with Gasteiger partial charge >= 0.3 is 0 Å². The zero-order chi connectivity index (χ0) is 17.1. The lowest BCUT2D eigenvalue weighted by molar-refractivity contribution is 1.17. The first-order valence-corrected chi connectivity index (χ1v) is 7.88. The van der Waals surface area contributed by atoms with Gasteiger partial charge in [0.2, 0.25) is 0 Å². The van der Waals surface area contributed by atoms with Gasteiger partial charge in [-0.15, -0.1) is 0 Å². The maximum atomic E-state index is 6.20. The number of nitrogen functional groups attached to an aromatic ring is 1. The molecule has 0 saturated heterocycles. The van der Waals surface area contributed by atoms with E-state index in [-0.39, 0.29) is 0 Å². The summed E-state index contributed by atoms with van der Waals surface area (Å²) in [5.41, 5.74) is 10.9. The van der Waals surface area contributed by atoms with Crippen LogP contribution >= 0.6 is 11.6 Å². The number of aryl methyl sites for hydroxylation is 2. The van der Waals surface area contributed by atoms with Crippen molar-refractivity contribution in [1.29, 1.82) is 0 Å². The van der Waals surface area contributed by atoms with E-state index in [0.29, 0.717) is 22.3 Å². The van der Waals surface area contributed by atoms with Gasteiger partial charge in [-0.05, 0) is 61.4 Å². The van der Waals surface area contributed by atoms with Crippen molar-refractivity contribution in [2.45, 2.75) is 13.8 Å². The van der Waals surface area contributed by atoms with Crippen LogP contribution in [0.1, 0.15) is 11.1 Å². The fraction of sp³-hybridized carbons (Fsp3) is 0.111. The molecule has 0 bridgehead atoms. The number of benzene rings is 2. The van der Waals surface area contributed by atoms with Gasteiger partial charge in [-0.1, -0.05) is 17.7 Å². The first-order chi connectivity index (χ1) is 11.5. The lowest BCUT2D eigenvalue weighted by Crippen LogP contribution is -2.05. The molecule has 1 aromatic heterocycles. The van der Waals surface area contributed by atoms with Gasteiger partial charge in [-0.3, -0.25) is 0 Å². The summed E-state index contributed by atoms with van der Waals surface area (Å²) in [7, 11) is 0. The summed E-state index contributed by atoms with van der Waals surface area (Å²) in [6, 6.07) is 13.4. The van der Waals surface area contributed by atoms with Gasteiger partial charge in [-0.25, -0.2) is 9.97 Å². The molecule has 4 N–H and O–H groups in total. The Morgan fingerprint density at radius 1 is 0.833 bits per heavy atom. The second-order valence-electron chi connectivity index (χ2n) is 5.54. The summed E-state index contributed by atoms with van der Waals surface area (Å²) in [5, 5.41) is 7.08. The predicted molar refractivity (Wildman–Crippen MR) is 100 cm³/mol. The summed E-state index contributed by atoms with van der Waals surface area (Å²) in [6.07, 6.45) is 1.47. The van der Waals surface area contributed by atoms with Crippen LogP contribution in [0.25, 0.3) is 0 Å². The minimum atomic E-state index is 0.450. The zero-order valence-corrected chi connectivity index (χ0v) is 14.2. The van der Waals surface area contributed by atoms with Gasteiger partial charge in [-0.2, -0.15) is 0 Å². The number of hydrogen-bond acceptors (Lipinski definition) is 5. The third kappa shape index (κ3) is 3.58. The third-order valence-corrected chi connectivity index (χ3v) is 4.01. The molecule has 122 valence electrons. The van der Waals surface area contributed by atoms with Gasteiger partial charge in [0.1, 0.15) is 12.0 Å². The van der Waals surface area contributed by atoms with Crippen molar-refractivity contribution in [3.8, 4) is 0 Å². The molecular formula is C18H18ClN5. The van der Waals surface area contributed by atoms with E-state index in [4.69, 9.17) is 17.3 Å². The minimum absolute atomic E-state index is 0.450. The van der Waals surface area contributed by atoms with E-state index >= 15 is 0 Å². The van der Waals surface area contributed by atoms with Crippen molar-refractivity contribution in [1.82, 2.24) is 9.97 Å². The SMILES string of the molecule is Cc1ccc(Nc2ncnc(Nc3ccc(Cl)cc3)c2N)cc1C. The molecule has 1 heterocycles. The number of rotatable bonds is 4. The normalized spacial score (nSPS) is 10.5. The van der Waals surface area contributed by atoms with Crippen molar-refractivity contribution >= 4 is 40.3 Å². The topological polar surface area (TPSA) is 75.9 Å². The Balaban J connectivity index is 1.84. The maximum absolute atomic E-state index is 6.20.